The van der Waals surface area contributed by atoms with E-state index in [-0.39, 0.29) is 32.7 Å². The molecule has 111 valence electrons. The van der Waals surface area contributed by atoms with E-state index < -0.39 is 0 Å². The molecule has 2 heterocycles. The second-order valence-electron chi connectivity index (χ2n) is 5.86. The van der Waals surface area contributed by atoms with Crippen LogP contribution in [0.15, 0.2) is 12.4 Å². The normalized spacial score (nSPS) is 19.8. The van der Waals surface area contributed by atoms with Crippen LogP contribution in [0.1, 0.15) is 56.6 Å². The minimum Gasteiger partial charge on any atom is -0.343 e. The summed E-state index contributed by atoms with van der Waals surface area (Å²) in [6, 6.07) is 0.585. The molecule has 0 bridgehead atoms. The number of hydrogen-bond donors (Lipinski definition) is 0. The SMILES string of the molecule is [CH2-]CCCCCCN1CCCC(n2cc(C)cn2)C1.[Y]. The number of unbranched alkanes of at least 4 members (excludes halogenated alkanes) is 4. The molecule has 20 heavy (non-hydrogen) atoms. The fraction of sp³-hybridized carbons (Fsp3) is 0.750. The van der Waals surface area contributed by atoms with E-state index in [0.717, 1.165) is 6.42 Å². The van der Waals surface area contributed by atoms with Crippen molar-refractivity contribution in [2.45, 2.75) is 57.9 Å². The predicted molar refractivity (Wildman–Crippen MR) is 80.1 cm³/mol. The minimum atomic E-state index is 0. The number of rotatable bonds is 7. The van der Waals surface area contributed by atoms with Crippen LogP contribution in [0.2, 0.25) is 0 Å². The van der Waals surface area contributed by atoms with Gasteiger partial charge in [0.15, 0.2) is 0 Å². The van der Waals surface area contributed by atoms with Crippen molar-refractivity contribution >= 4 is 0 Å². The Morgan fingerprint density at radius 2 is 2.10 bits per heavy atom. The minimum absolute atomic E-state index is 0. The molecule has 1 fully saturated rings. The van der Waals surface area contributed by atoms with Crippen LogP contribution >= 0.6 is 0 Å². The van der Waals surface area contributed by atoms with E-state index in [2.05, 4.69) is 34.7 Å². The maximum absolute atomic E-state index is 4.48. The standard InChI is InChI=1S/C16H28N3.Y/c1-3-4-5-6-7-10-18-11-8-9-16(14-18)19-13-15(2)12-17-19;/h12-13,16H,1,3-11,14H2,2H3;/q-1;. The third-order valence-electron chi connectivity index (χ3n) is 4.06. The van der Waals surface area contributed by atoms with Crippen molar-refractivity contribution in [2.75, 3.05) is 19.6 Å². The first-order valence-electron chi connectivity index (χ1n) is 7.82. The third kappa shape index (κ3) is 5.95. The van der Waals surface area contributed by atoms with Gasteiger partial charge in [0.25, 0.3) is 0 Å². The summed E-state index contributed by atoms with van der Waals surface area (Å²) in [6.45, 7) is 9.72. The zero-order valence-electron chi connectivity index (χ0n) is 12.9. The molecule has 1 aromatic heterocycles. The molecule has 0 saturated carbocycles. The average Bonchev–Trinajstić information content (AvgIpc) is 2.86. The molecule has 1 aliphatic heterocycles. The average molecular weight is 351 g/mol. The third-order valence-corrected chi connectivity index (χ3v) is 4.06. The summed E-state index contributed by atoms with van der Waals surface area (Å²) in [5.41, 5.74) is 1.27. The quantitative estimate of drug-likeness (QED) is 0.553. The van der Waals surface area contributed by atoms with Crippen molar-refractivity contribution in [2.24, 2.45) is 0 Å². The Kier molecular flexibility index (Phi) is 9.23. The van der Waals surface area contributed by atoms with Gasteiger partial charge in [0.05, 0.1) is 12.2 Å². The summed E-state index contributed by atoms with van der Waals surface area (Å²) in [5.74, 6) is 0. The van der Waals surface area contributed by atoms with Gasteiger partial charge in [-0.3, -0.25) is 4.68 Å². The summed E-state index contributed by atoms with van der Waals surface area (Å²) < 4.78 is 2.17. The first-order chi connectivity index (χ1) is 9.29. The number of likely N-dealkylation sites (tertiary alicyclic amines) is 1. The van der Waals surface area contributed by atoms with Crippen molar-refractivity contribution in [1.82, 2.24) is 14.7 Å². The molecular formula is C16H28N3Y-. The van der Waals surface area contributed by atoms with Crippen LogP contribution in [-0.2, 0) is 32.7 Å². The number of aromatic nitrogens is 2. The van der Waals surface area contributed by atoms with Gasteiger partial charge < -0.3 is 11.8 Å². The van der Waals surface area contributed by atoms with Crippen LogP contribution in [0.25, 0.3) is 0 Å². The Bertz CT molecular complexity index is 364. The van der Waals surface area contributed by atoms with E-state index in [1.165, 1.54) is 63.7 Å². The van der Waals surface area contributed by atoms with E-state index in [1.54, 1.807) is 0 Å². The van der Waals surface area contributed by atoms with E-state index in [4.69, 9.17) is 0 Å². The van der Waals surface area contributed by atoms with Crippen molar-refractivity contribution in [3.05, 3.63) is 24.9 Å². The van der Waals surface area contributed by atoms with Crippen LogP contribution in [0, 0.1) is 13.8 Å². The van der Waals surface area contributed by atoms with Crippen LogP contribution in [-0.4, -0.2) is 34.3 Å². The largest absolute Gasteiger partial charge is 0.343 e. The molecule has 1 saturated heterocycles. The molecule has 1 radical (unpaired) electrons. The van der Waals surface area contributed by atoms with Crippen molar-refractivity contribution in [1.29, 1.82) is 0 Å². The van der Waals surface area contributed by atoms with Crippen LogP contribution in [0.5, 0.6) is 0 Å². The van der Waals surface area contributed by atoms with E-state index in [9.17, 15) is 0 Å². The van der Waals surface area contributed by atoms with Crippen LogP contribution in [0.4, 0.5) is 0 Å². The van der Waals surface area contributed by atoms with Gasteiger partial charge in [0.1, 0.15) is 0 Å². The summed E-state index contributed by atoms with van der Waals surface area (Å²) in [7, 11) is 0. The molecule has 4 heteroatoms. The molecule has 0 N–H and O–H groups in total. The second-order valence-corrected chi connectivity index (χ2v) is 5.86. The fourth-order valence-corrected chi connectivity index (χ4v) is 2.95. The Labute approximate surface area is 149 Å². The topological polar surface area (TPSA) is 21.1 Å². The molecule has 0 amide bonds. The van der Waals surface area contributed by atoms with Gasteiger partial charge in [-0.05, 0) is 44.8 Å². The van der Waals surface area contributed by atoms with Gasteiger partial charge in [-0.25, -0.2) is 0 Å². The van der Waals surface area contributed by atoms with E-state index in [1.807, 2.05) is 6.20 Å². The first kappa shape index (κ1) is 18.3. The van der Waals surface area contributed by atoms with Gasteiger partial charge in [-0.1, -0.05) is 19.3 Å². The van der Waals surface area contributed by atoms with E-state index in [0.29, 0.717) is 6.04 Å². The first-order valence-corrected chi connectivity index (χ1v) is 7.82. The summed E-state index contributed by atoms with van der Waals surface area (Å²) in [4.78, 5) is 2.62. The van der Waals surface area contributed by atoms with Crippen LogP contribution in [0.3, 0.4) is 0 Å². The molecule has 1 aliphatic rings. The van der Waals surface area contributed by atoms with Crippen molar-refractivity contribution < 1.29 is 32.7 Å². The molecule has 1 aromatic rings. The zero-order valence-corrected chi connectivity index (χ0v) is 15.8. The van der Waals surface area contributed by atoms with E-state index >= 15 is 0 Å². The number of piperidine rings is 1. The Hall–Kier alpha value is 0.274. The van der Waals surface area contributed by atoms with Gasteiger partial charge in [0, 0.05) is 45.5 Å². The molecule has 0 spiro atoms. The fourth-order valence-electron chi connectivity index (χ4n) is 2.95. The number of nitrogens with zero attached hydrogens (tertiary/aromatic N) is 3. The zero-order chi connectivity index (χ0) is 13.5. The van der Waals surface area contributed by atoms with Gasteiger partial charge in [0.2, 0.25) is 0 Å². The molecule has 1 unspecified atom stereocenters. The van der Waals surface area contributed by atoms with Crippen LogP contribution < -0.4 is 0 Å². The molecule has 0 aliphatic carbocycles. The monoisotopic (exact) mass is 351 g/mol. The number of hydrogen-bond acceptors (Lipinski definition) is 2. The Morgan fingerprint density at radius 1 is 1.30 bits per heavy atom. The molecule has 1 atom stereocenters. The molecular weight excluding hydrogens is 323 g/mol. The van der Waals surface area contributed by atoms with Crippen molar-refractivity contribution in [3.8, 4) is 0 Å². The molecule has 2 rings (SSSR count). The van der Waals surface area contributed by atoms with Gasteiger partial charge >= 0.3 is 0 Å². The smallest absolute Gasteiger partial charge is 0.0646 e. The number of aryl methyl sites for hydroxylation is 1. The van der Waals surface area contributed by atoms with Gasteiger partial charge in [-0.15, -0.1) is 0 Å². The molecule has 0 aromatic carbocycles. The summed E-state index contributed by atoms with van der Waals surface area (Å²) >= 11 is 0. The summed E-state index contributed by atoms with van der Waals surface area (Å²) in [6.07, 6.45) is 13.2. The van der Waals surface area contributed by atoms with Crippen molar-refractivity contribution in [3.63, 3.8) is 0 Å². The van der Waals surface area contributed by atoms with Gasteiger partial charge in [-0.2, -0.15) is 11.5 Å². The second kappa shape index (κ2) is 10.1. The summed E-state index contributed by atoms with van der Waals surface area (Å²) in [5, 5.41) is 4.48. The maximum Gasteiger partial charge on any atom is 0.0646 e. The molecule has 3 nitrogen and oxygen atoms in total. The predicted octanol–water partition coefficient (Wildman–Crippen LogP) is 3.61. The Balaban J connectivity index is 0.00000200. The maximum atomic E-state index is 4.48. The Morgan fingerprint density at radius 3 is 2.80 bits per heavy atom.